The number of rotatable bonds is 10. The molecule has 1 spiro atoms. The lowest BCUT2D eigenvalue weighted by atomic mass is 9.82. The first kappa shape index (κ1) is 41.3. The fraction of sp³-hybridized carbons (Fsp3) is 0.511. The van der Waals surface area contributed by atoms with Gasteiger partial charge in [0, 0.05) is 48.0 Å². The van der Waals surface area contributed by atoms with Gasteiger partial charge in [-0.05, 0) is 105 Å². The molecule has 3 aromatic rings. The maximum absolute atomic E-state index is 16.8. The Balaban J connectivity index is 1.12. The van der Waals surface area contributed by atoms with E-state index >= 15 is 8.90 Å². The molecule has 5 aliphatic heterocycles. The summed E-state index contributed by atoms with van der Waals surface area (Å²) in [5, 5.41) is 23.1. The van der Waals surface area contributed by atoms with Gasteiger partial charge in [0.15, 0.2) is 5.60 Å². The lowest BCUT2D eigenvalue weighted by Gasteiger charge is -2.37. The quantitative estimate of drug-likeness (QED) is 0.138. The van der Waals surface area contributed by atoms with E-state index in [-0.39, 0.29) is 55.0 Å². The van der Waals surface area contributed by atoms with Crippen LogP contribution in [0.1, 0.15) is 61.3 Å². The van der Waals surface area contributed by atoms with Crippen LogP contribution in [0.4, 0.5) is 21.2 Å². The third-order valence-electron chi connectivity index (χ3n) is 13.4. The number of aliphatic hydroxyl groups excluding tert-OH is 1. The average molecular weight is 825 g/mol. The number of fused-ring (bicyclic) bond motifs is 3. The van der Waals surface area contributed by atoms with Gasteiger partial charge in [-0.3, -0.25) is 19.2 Å². The number of carbonyl (C=O) groups is 4. The van der Waals surface area contributed by atoms with Crippen molar-refractivity contribution >= 4 is 49.1 Å². The van der Waals surface area contributed by atoms with Gasteiger partial charge in [0.05, 0.1) is 49.2 Å². The first-order chi connectivity index (χ1) is 28.4. The van der Waals surface area contributed by atoms with E-state index in [4.69, 9.17) is 4.74 Å². The minimum absolute atomic E-state index is 0.0497. The minimum Gasteiger partial charge on any atom is -0.394 e. The molecule has 14 heteroatoms. The van der Waals surface area contributed by atoms with Gasteiger partial charge < -0.3 is 45.0 Å². The van der Waals surface area contributed by atoms with Crippen molar-refractivity contribution in [3.05, 3.63) is 89.0 Å². The fourth-order valence-corrected chi connectivity index (χ4v) is 12.9. The predicted molar refractivity (Wildman–Crippen MR) is 227 cm³/mol. The Morgan fingerprint density at radius 3 is 2.20 bits per heavy atom. The second-order valence-electron chi connectivity index (χ2n) is 17.7. The van der Waals surface area contributed by atoms with Gasteiger partial charge in [-0.2, -0.15) is 0 Å². The third kappa shape index (κ3) is 8.09. The zero-order chi connectivity index (χ0) is 41.5. The number of aliphatic hydroxyl groups is 1. The molecular formula is C45H57FN6O6Si. The van der Waals surface area contributed by atoms with E-state index in [9.17, 15) is 19.5 Å². The molecule has 5 heterocycles. The van der Waals surface area contributed by atoms with E-state index in [1.54, 1.807) is 35.0 Å². The molecule has 8 rings (SSSR count). The summed E-state index contributed by atoms with van der Waals surface area (Å²) in [6, 6.07) is 20.3. The minimum atomic E-state index is -3.63. The van der Waals surface area contributed by atoms with E-state index in [2.05, 4.69) is 21.3 Å². The van der Waals surface area contributed by atoms with Crippen LogP contribution in [0.5, 0.6) is 0 Å². The summed E-state index contributed by atoms with van der Waals surface area (Å²) >= 11 is 0. The molecule has 3 aromatic carbocycles. The highest BCUT2D eigenvalue weighted by atomic mass is 28.4. The van der Waals surface area contributed by atoms with Gasteiger partial charge >= 0.3 is 0 Å². The Kier molecular flexibility index (Phi) is 11.8. The number of ether oxygens (including phenoxy) is 1. The highest BCUT2D eigenvalue weighted by molar-refractivity contribution is 6.72. The molecule has 0 aliphatic carbocycles. The van der Waals surface area contributed by atoms with E-state index in [0.717, 1.165) is 55.5 Å². The number of nitrogens with one attached hydrogen (secondary N) is 4. The third-order valence-corrected chi connectivity index (χ3v) is 15.8. The number of amides is 4. The number of piperidine rings is 2. The summed E-state index contributed by atoms with van der Waals surface area (Å²) in [5.74, 6) is -1.77. The summed E-state index contributed by atoms with van der Waals surface area (Å²) in [6.45, 7) is 8.31. The smallest absolute Gasteiger partial charge is 0.264 e. The van der Waals surface area contributed by atoms with E-state index in [1.165, 1.54) is 0 Å². The number of hydrogen-bond acceptors (Lipinski definition) is 8. The predicted octanol–water partition coefficient (Wildman–Crippen LogP) is 5.22. The lowest BCUT2D eigenvalue weighted by Crippen LogP contribution is -2.48. The number of anilines is 3. The Morgan fingerprint density at radius 1 is 0.915 bits per heavy atom. The molecule has 7 atom stereocenters. The van der Waals surface area contributed by atoms with Crippen LogP contribution in [0.15, 0.2) is 66.7 Å². The molecule has 59 heavy (non-hydrogen) atoms. The molecule has 2 unspecified atom stereocenters. The molecular weight excluding hydrogens is 768 g/mol. The van der Waals surface area contributed by atoms with Crippen molar-refractivity contribution in [2.75, 3.05) is 48.3 Å². The molecule has 5 aliphatic rings. The Bertz CT molecular complexity index is 2090. The van der Waals surface area contributed by atoms with Gasteiger partial charge in [0.1, 0.15) is 0 Å². The summed E-state index contributed by atoms with van der Waals surface area (Å²) in [7, 11) is -3.63. The molecule has 0 saturated carbocycles. The van der Waals surface area contributed by atoms with Gasteiger partial charge in [-0.1, -0.05) is 43.3 Å². The zero-order valence-corrected chi connectivity index (χ0v) is 35.3. The van der Waals surface area contributed by atoms with Crippen LogP contribution in [0.3, 0.4) is 0 Å². The molecule has 5 N–H and O–H groups in total. The van der Waals surface area contributed by atoms with Crippen molar-refractivity contribution in [2.45, 2.75) is 94.9 Å². The molecule has 3 saturated heterocycles. The molecule has 3 fully saturated rings. The Morgan fingerprint density at radius 2 is 1.58 bits per heavy atom. The molecule has 0 bridgehead atoms. The van der Waals surface area contributed by atoms with E-state index in [0.29, 0.717) is 48.7 Å². The monoisotopic (exact) mass is 824 g/mol. The van der Waals surface area contributed by atoms with Crippen LogP contribution in [-0.4, -0.2) is 87.0 Å². The van der Waals surface area contributed by atoms with Crippen LogP contribution in [0.2, 0.25) is 18.6 Å². The molecule has 4 amide bonds. The molecule has 12 nitrogen and oxygen atoms in total. The maximum atomic E-state index is 16.8. The van der Waals surface area contributed by atoms with Crippen LogP contribution in [0.25, 0.3) is 0 Å². The fourth-order valence-electron chi connectivity index (χ4n) is 10.4. The number of halogens is 1. The summed E-state index contributed by atoms with van der Waals surface area (Å²) < 4.78 is 23.8. The SMILES string of the molecule is C[C@@H]1[C@@H]([Si](C)(C)F)[C@H](CC(=O)N2Cc3ccccc3C[C@H]2CO)O[C@@]12C(=O)N(Cc1cccc(NC(=O)C3CCCNC3)c1)c1ccc(NC(=O)C3CCCNC3)cc12. The number of nitrogens with zero attached hydrogens (tertiary/aromatic N) is 2. The zero-order valence-electron chi connectivity index (χ0n) is 34.3. The van der Waals surface area contributed by atoms with Gasteiger partial charge in [0.2, 0.25) is 26.1 Å². The largest absolute Gasteiger partial charge is 0.394 e. The van der Waals surface area contributed by atoms with Gasteiger partial charge in [0.25, 0.3) is 5.91 Å². The maximum Gasteiger partial charge on any atom is 0.264 e. The van der Waals surface area contributed by atoms with Crippen molar-refractivity contribution < 1.29 is 33.1 Å². The van der Waals surface area contributed by atoms with Crippen molar-refractivity contribution in [1.82, 2.24) is 15.5 Å². The highest BCUT2D eigenvalue weighted by Crippen LogP contribution is 2.60. The summed E-state index contributed by atoms with van der Waals surface area (Å²) in [5.41, 5.74) is 2.75. The first-order valence-electron chi connectivity index (χ1n) is 21.3. The lowest BCUT2D eigenvalue weighted by molar-refractivity contribution is -0.151. The first-order valence-corrected chi connectivity index (χ1v) is 24.2. The van der Waals surface area contributed by atoms with Crippen molar-refractivity contribution in [1.29, 1.82) is 0 Å². The average Bonchev–Trinajstić information content (AvgIpc) is 3.66. The van der Waals surface area contributed by atoms with Crippen molar-refractivity contribution in [2.24, 2.45) is 17.8 Å². The second kappa shape index (κ2) is 16.9. The van der Waals surface area contributed by atoms with Crippen molar-refractivity contribution in [3.8, 4) is 0 Å². The second-order valence-corrected chi connectivity index (χ2v) is 21.5. The van der Waals surface area contributed by atoms with Crippen LogP contribution in [0, 0.1) is 17.8 Å². The Hall–Kier alpha value is -4.47. The normalized spacial score (nSPS) is 28.0. The molecule has 0 aromatic heterocycles. The van der Waals surface area contributed by atoms with Crippen molar-refractivity contribution in [3.63, 3.8) is 0 Å². The number of benzene rings is 3. The number of carbonyl (C=O) groups excluding carboxylic acids is 4. The summed E-state index contributed by atoms with van der Waals surface area (Å²) in [6.07, 6.45) is 2.86. The van der Waals surface area contributed by atoms with Crippen LogP contribution >= 0.6 is 0 Å². The van der Waals surface area contributed by atoms with E-state index in [1.807, 2.05) is 61.5 Å². The number of hydrogen-bond donors (Lipinski definition) is 5. The van der Waals surface area contributed by atoms with Crippen LogP contribution < -0.4 is 26.2 Å². The van der Waals surface area contributed by atoms with E-state index < -0.39 is 37.6 Å². The van der Waals surface area contributed by atoms with Gasteiger partial charge in [-0.15, -0.1) is 0 Å². The summed E-state index contributed by atoms with van der Waals surface area (Å²) in [4.78, 5) is 59.5. The molecule has 314 valence electrons. The highest BCUT2D eigenvalue weighted by Gasteiger charge is 2.67. The standard InChI is InChI=1S/C45H57FN6O6Si/c1-28-41(59(2,3)46)39(22-40(54)51-26-33-11-5-4-10-30(33)20-36(51)27-53)58-45(28)37-21-35(50-43(56)32-13-8-18-48-24-32)15-16-38(37)52(44(45)57)25-29-9-6-14-34(19-29)49-42(55)31-12-7-17-47-23-31/h4-6,9-11,14-16,19,21,28,31-32,36,39,41,47-48,53H,7-8,12-13,17-18,20,22-27H2,1-3H3,(H,49,55)(H,50,56)/t28-,31?,32?,36+,39+,41-,45+/m1/s1. The van der Waals surface area contributed by atoms with Crippen LogP contribution in [-0.2, 0) is 49.0 Å². The Labute approximate surface area is 346 Å². The van der Waals surface area contributed by atoms with Gasteiger partial charge in [-0.25, -0.2) is 0 Å². The topological polar surface area (TPSA) is 152 Å². The molecule has 0 radical (unpaired) electrons.